The summed E-state index contributed by atoms with van der Waals surface area (Å²) >= 11 is 0. The molecule has 3 heteroatoms. The van der Waals surface area contributed by atoms with Crippen molar-refractivity contribution >= 4 is 21.7 Å². The van der Waals surface area contributed by atoms with E-state index >= 15 is 0 Å². The molecule has 0 aliphatic heterocycles. The van der Waals surface area contributed by atoms with Crippen LogP contribution in [0, 0.1) is 5.21 Å². The van der Waals surface area contributed by atoms with Crippen molar-refractivity contribution in [1.82, 2.24) is 4.57 Å². The Bertz CT molecular complexity index is 1260. The molecule has 3 nitrogen and oxygen atoms in total. The second-order valence-electron chi connectivity index (χ2n) is 6.79. The molecule has 0 atom stereocenters. The van der Waals surface area contributed by atoms with E-state index in [0.717, 1.165) is 38.5 Å². The van der Waals surface area contributed by atoms with E-state index in [4.69, 9.17) is 0 Å². The second-order valence-corrected chi connectivity index (χ2v) is 6.79. The average Bonchev–Trinajstić information content (AvgIpc) is 3.07. The lowest BCUT2D eigenvalue weighted by Gasteiger charge is -2.06. The summed E-state index contributed by atoms with van der Waals surface area (Å²) in [5, 5.41) is 15.9. The van der Waals surface area contributed by atoms with E-state index in [9.17, 15) is 5.21 Å². The van der Waals surface area contributed by atoms with E-state index < -0.39 is 0 Å². The zero-order valence-corrected chi connectivity index (χ0v) is 14.7. The summed E-state index contributed by atoms with van der Waals surface area (Å²) in [5.41, 5.74) is 4.00. The van der Waals surface area contributed by atoms with Crippen LogP contribution < -0.4 is 4.73 Å². The first-order chi connectivity index (χ1) is 13.3. The van der Waals surface area contributed by atoms with Crippen molar-refractivity contribution < 1.29 is 4.73 Å². The minimum Gasteiger partial charge on any atom is -0.618 e. The summed E-state index contributed by atoms with van der Waals surface area (Å²) in [5.74, 6) is 0. The lowest BCUT2D eigenvalue weighted by Crippen LogP contribution is -2.28. The van der Waals surface area contributed by atoms with Crippen LogP contribution in [-0.2, 0) is 6.54 Å². The van der Waals surface area contributed by atoms with Gasteiger partial charge in [0.15, 0.2) is 6.20 Å². The van der Waals surface area contributed by atoms with Gasteiger partial charge in [-0.3, -0.25) is 0 Å². The van der Waals surface area contributed by atoms with Gasteiger partial charge < -0.3 is 9.77 Å². The molecule has 0 aliphatic carbocycles. The third-order valence-corrected chi connectivity index (χ3v) is 5.04. The third-order valence-electron chi connectivity index (χ3n) is 5.04. The third kappa shape index (κ3) is 2.74. The molecule has 5 aromatic rings. The Labute approximate surface area is 157 Å². The summed E-state index contributed by atoms with van der Waals surface area (Å²) in [6.07, 6.45) is 3.75. The first-order valence-electron chi connectivity index (χ1n) is 9.04. The van der Waals surface area contributed by atoms with Crippen molar-refractivity contribution in [2.24, 2.45) is 0 Å². The molecule has 0 spiro atoms. The number of hydrogen-bond acceptors (Lipinski definition) is 1. The predicted molar refractivity (Wildman–Crippen MR) is 109 cm³/mol. The van der Waals surface area contributed by atoms with Gasteiger partial charge in [-0.25, -0.2) is 0 Å². The zero-order valence-electron chi connectivity index (χ0n) is 14.7. The number of benzene rings is 3. The smallest absolute Gasteiger partial charge is 0.226 e. The Morgan fingerprint density at radius 3 is 2.33 bits per heavy atom. The van der Waals surface area contributed by atoms with Gasteiger partial charge in [0.1, 0.15) is 0 Å². The Morgan fingerprint density at radius 2 is 1.48 bits per heavy atom. The summed E-state index contributed by atoms with van der Waals surface area (Å²) in [7, 11) is 0. The summed E-state index contributed by atoms with van der Waals surface area (Å²) < 4.78 is 3.20. The highest BCUT2D eigenvalue weighted by molar-refractivity contribution is 5.96. The van der Waals surface area contributed by atoms with Crippen molar-refractivity contribution in [2.75, 3.05) is 0 Å². The fraction of sp³-hybridized carbons (Fsp3) is 0.0417. The van der Waals surface area contributed by atoms with Crippen molar-refractivity contribution in [2.45, 2.75) is 6.54 Å². The van der Waals surface area contributed by atoms with Crippen LogP contribution in [0.4, 0.5) is 0 Å². The number of aromatic nitrogens is 2. The van der Waals surface area contributed by atoms with Gasteiger partial charge in [-0.2, -0.15) is 4.73 Å². The first-order valence-corrected chi connectivity index (χ1v) is 9.04. The molecule has 5 rings (SSSR count). The van der Waals surface area contributed by atoms with Crippen molar-refractivity contribution in [3.05, 3.63) is 108 Å². The Morgan fingerprint density at radius 1 is 0.778 bits per heavy atom. The van der Waals surface area contributed by atoms with Crippen LogP contribution in [0.25, 0.3) is 32.9 Å². The van der Waals surface area contributed by atoms with Crippen molar-refractivity contribution in [3.8, 4) is 11.3 Å². The number of pyridine rings is 1. The number of fused-ring (bicyclic) bond motifs is 2. The van der Waals surface area contributed by atoms with E-state index in [2.05, 4.69) is 47.2 Å². The minimum absolute atomic E-state index is 0.678. The molecule has 130 valence electrons. The molecule has 3 aromatic carbocycles. The molecule has 0 fully saturated rings. The zero-order chi connectivity index (χ0) is 18.2. The van der Waals surface area contributed by atoms with Gasteiger partial charge in [0, 0.05) is 35.1 Å². The highest BCUT2D eigenvalue weighted by Crippen LogP contribution is 2.30. The predicted octanol–water partition coefficient (Wildman–Crippen LogP) is 5.14. The molecular weight excluding hydrogens is 332 g/mol. The molecule has 2 aromatic heterocycles. The number of nitrogens with zero attached hydrogens (tertiary/aromatic N) is 2. The van der Waals surface area contributed by atoms with Crippen LogP contribution in [0.2, 0.25) is 0 Å². The molecule has 0 amide bonds. The quantitative estimate of drug-likeness (QED) is 0.327. The monoisotopic (exact) mass is 350 g/mol. The maximum atomic E-state index is 12.8. The molecule has 0 unspecified atom stereocenters. The average molecular weight is 350 g/mol. The van der Waals surface area contributed by atoms with E-state index in [-0.39, 0.29) is 0 Å². The fourth-order valence-corrected chi connectivity index (χ4v) is 3.72. The lowest BCUT2D eigenvalue weighted by atomic mass is 10.1. The highest BCUT2D eigenvalue weighted by atomic mass is 16.5. The van der Waals surface area contributed by atoms with Crippen LogP contribution in [0.15, 0.2) is 97.3 Å². The number of rotatable bonds is 3. The van der Waals surface area contributed by atoms with Gasteiger partial charge in [-0.1, -0.05) is 66.7 Å². The van der Waals surface area contributed by atoms with E-state index in [1.54, 1.807) is 6.20 Å². The summed E-state index contributed by atoms with van der Waals surface area (Å²) in [6.45, 7) is 0.772. The highest BCUT2D eigenvalue weighted by Gasteiger charge is 2.17. The van der Waals surface area contributed by atoms with Crippen LogP contribution in [0.1, 0.15) is 5.56 Å². The summed E-state index contributed by atoms with van der Waals surface area (Å²) in [4.78, 5) is 0. The second kappa shape index (κ2) is 6.29. The molecule has 0 saturated carbocycles. The molecular formula is C24H18N2O. The molecule has 0 N–H and O–H groups in total. The summed E-state index contributed by atoms with van der Waals surface area (Å²) in [6, 6.07) is 28.6. The van der Waals surface area contributed by atoms with Gasteiger partial charge in [0.05, 0.1) is 5.56 Å². The topological polar surface area (TPSA) is 31.9 Å². The van der Waals surface area contributed by atoms with Gasteiger partial charge in [0.25, 0.3) is 0 Å². The van der Waals surface area contributed by atoms with Gasteiger partial charge >= 0.3 is 0 Å². The first kappa shape index (κ1) is 15.6. The standard InChI is InChI=1S/C24H18N2O/c27-26-16-20-11-5-4-10-19(20)14-24(26)22-17-25(15-18-8-2-1-3-9-18)23-13-7-6-12-21(22)23/h1-14,16-17H,15H2. The van der Waals surface area contributed by atoms with Crippen LogP contribution in [0.3, 0.4) is 0 Å². The van der Waals surface area contributed by atoms with Crippen LogP contribution in [0.5, 0.6) is 0 Å². The molecule has 0 radical (unpaired) electrons. The number of para-hydroxylation sites is 1. The minimum atomic E-state index is 0.678. The molecule has 0 bridgehead atoms. The Hall–Kier alpha value is -3.59. The molecule has 0 aliphatic rings. The van der Waals surface area contributed by atoms with E-state index in [1.165, 1.54) is 5.56 Å². The van der Waals surface area contributed by atoms with Crippen LogP contribution >= 0.6 is 0 Å². The van der Waals surface area contributed by atoms with Gasteiger partial charge in [0.2, 0.25) is 5.69 Å². The van der Waals surface area contributed by atoms with Crippen molar-refractivity contribution in [1.29, 1.82) is 0 Å². The fourth-order valence-electron chi connectivity index (χ4n) is 3.72. The lowest BCUT2D eigenvalue weighted by molar-refractivity contribution is -0.592. The largest absolute Gasteiger partial charge is 0.618 e. The van der Waals surface area contributed by atoms with Crippen molar-refractivity contribution in [3.63, 3.8) is 0 Å². The maximum absolute atomic E-state index is 12.8. The Balaban J connectivity index is 1.71. The van der Waals surface area contributed by atoms with Crippen LogP contribution in [-0.4, -0.2) is 4.57 Å². The van der Waals surface area contributed by atoms with E-state index in [1.807, 2.05) is 48.5 Å². The normalized spacial score (nSPS) is 11.3. The van der Waals surface area contributed by atoms with Gasteiger partial charge in [-0.05, 0) is 23.1 Å². The SMILES string of the molecule is [O-][n+]1cc2ccccc2cc1-c1cn(Cc2ccccc2)c2ccccc12. The molecule has 2 heterocycles. The Kier molecular flexibility index (Phi) is 3.65. The van der Waals surface area contributed by atoms with E-state index in [0.29, 0.717) is 5.69 Å². The maximum Gasteiger partial charge on any atom is 0.226 e. The molecule has 27 heavy (non-hydrogen) atoms. The van der Waals surface area contributed by atoms with Gasteiger partial charge in [-0.15, -0.1) is 0 Å². The number of hydrogen-bond donors (Lipinski definition) is 0. The molecule has 0 saturated heterocycles.